The largest absolute Gasteiger partial charge is 0.456 e. The number of nitrogens with one attached hydrogen (secondary N) is 2. The van der Waals surface area contributed by atoms with Gasteiger partial charge in [-0.25, -0.2) is 0 Å². The molecule has 0 aromatic heterocycles. The summed E-state index contributed by atoms with van der Waals surface area (Å²) in [5.74, 6) is -1.25. The monoisotopic (exact) mass is 368 g/mol. The van der Waals surface area contributed by atoms with Crippen LogP contribution in [0.2, 0.25) is 0 Å². The minimum absolute atomic E-state index is 0.00476. The van der Waals surface area contributed by atoms with Crippen LogP contribution in [0.25, 0.3) is 0 Å². The molecule has 0 saturated heterocycles. The van der Waals surface area contributed by atoms with Crippen molar-refractivity contribution in [2.45, 2.75) is 32.7 Å². The maximum Gasteiger partial charge on any atom is 0.306 e. The van der Waals surface area contributed by atoms with E-state index in [9.17, 15) is 14.4 Å². The molecule has 0 aliphatic carbocycles. The van der Waals surface area contributed by atoms with E-state index in [-0.39, 0.29) is 37.3 Å². The summed E-state index contributed by atoms with van der Waals surface area (Å²) in [6.45, 7) is 3.37. The first kappa shape index (κ1) is 20.2. The Kier molecular flexibility index (Phi) is 7.55. The number of esters is 1. The van der Waals surface area contributed by atoms with Crippen molar-refractivity contribution in [3.8, 4) is 0 Å². The number of para-hydroxylation sites is 1. The van der Waals surface area contributed by atoms with Crippen LogP contribution in [-0.2, 0) is 19.1 Å². The quantitative estimate of drug-likeness (QED) is 0.701. The van der Waals surface area contributed by atoms with Crippen molar-refractivity contribution in [3.63, 3.8) is 0 Å². The molecule has 0 bridgehead atoms. The average Bonchev–Trinajstić information content (AvgIpc) is 2.67. The van der Waals surface area contributed by atoms with Gasteiger partial charge in [-0.15, -0.1) is 0 Å². The maximum absolute atomic E-state index is 11.9. The Labute approximate surface area is 158 Å². The zero-order valence-electron chi connectivity index (χ0n) is 15.5. The van der Waals surface area contributed by atoms with Crippen molar-refractivity contribution in [1.82, 2.24) is 5.32 Å². The van der Waals surface area contributed by atoms with Crippen molar-refractivity contribution in [2.24, 2.45) is 0 Å². The first-order valence-electron chi connectivity index (χ1n) is 8.81. The maximum atomic E-state index is 11.9. The lowest BCUT2D eigenvalue weighted by atomic mass is 10.1. The Balaban J connectivity index is 1.67. The van der Waals surface area contributed by atoms with E-state index < -0.39 is 5.97 Å². The van der Waals surface area contributed by atoms with Gasteiger partial charge in [0.05, 0.1) is 12.5 Å². The predicted molar refractivity (Wildman–Crippen MR) is 103 cm³/mol. The second kappa shape index (κ2) is 10.1. The van der Waals surface area contributed by atoms with E-state index in [2.05, 4.69) is 10.6 Å². The molecule has 27 heavy (non-hydrogen) atoms. The lowest BCUT2D eigenvalue weighted by Gasteiger charge is -2.14. The topological polar surface area (TPSA) is 84.5 Å². The smallest absolute Gasteiger partial charge is 0.306 e. The Morgan fingerprint density at radius 1 is 0.926 bits per heavy atom. The molecule has 6 heteroatoms. The van der Waals surface area contributed by atoms with E-state index in [0.29, 0.717) is 5.69 Å². The van der Waals surface area contributed by atoms with E-state index in [1.807, 2.05) is 62.4 Å². The van der Waals surface area contributed by atoms with Gasteiger partial charge in [-0.1, -0.05) is 48.5 Å². The summed E-state index contributed by atoms with van der Waals surface area (Å²) < 4.78 is 4.93. The first-order chi connectivity index (χ1) is 13.0. The fourth-order valence-corrected chi connectivity index (χ4v) is 2.47. The van der Waals surface area contributed by atoms with Crippen LogP contribution in [0.4, 0.5) is 5.69 Å². The van der Waals surface area contributed by atoms with Gasteiger partial charge in [-0.3, -0.25) is 14.4 Å². The third kappa shape index (κ3) is 6.93. The molecule has 0 spiro atoms. The molecular weight excluding hydrogens is 344 g/mol. The standard InChI is InChI=1S/C21H24N2O4/c1-15-8-6-7-11-18(15)23-19(24)12-13-21(26)27-14-20(25)22-16(2)17-9-4-3-5-10-17/h3-11,16H,12-14H2,1-2H3,(H,22,25)(H,23,24)/t16-/m1/s1. The molecule has 0 unspecified atom stereocenters. The number of carbonyl (C=O) groups excluding carboxylic acids is 3. The highest BCUT2D eigenvalue weighted by Gasteiger charge is 2.13. The van der Waals surface area contributed by atoms with Crippen LogP contribution >= 0.6 is 0 Å². The molecule has 6 nitrogen and oxygen atoms in total. The number of benzene rings is 2. The van der Waals surface area contributed by atoms with Gasteiger partial charge in [0, 0.05) is 12.1 Å². The molecule has 142 valence electrons. The second-order valence-electron chi connectivity index (χ2n) is 6.22. The molecule has 1 atom stereocenters. The van der Waals surface area contributed by atoms with E-state index in [1.165, 1.54) is 0 Å². The Morgan fingerprint density at radius 2 is 1.59 bits per heavy atom. The minimum atomic E-state index is -0.586. The lowest BCUT2D eigenvalue weighted by Crippen LogP contribution is -2.31. The van der Waals surface area contributed by atoms with Crippen molar-refractivity contribution in [3.05, 3.63) is 65.7 Å². The molecule has 2 aromatic rings. The number of ether oxygens (including phenoxy) is 1. The summed E-state index contributed by atoms with van der Waals surface area (Å²) in [5, 5.41) is 5.51. The highest BCUT2D eigenvalue weighted by atomic mass is 16.5. The van der Waals surface area contributed by atoms with Crippen molar-refractivity contribution < 1.29 is 19.1 Å². The van der Waals surface area contributed by atoms with Crippen molar-refractivity contribution >= 4 is 23.5 Å². The molecule has 0 fully saturated rings. The van der Waals surface area contributed by atoms with Gasteiger partial charge in [0.2, 0.25) is 5.91 Å². The number of aryl methyl sites for hydroxylation is 1. The van der Waals surface area contributed by atoms with Crippen LogP contribution in [0.1, 0.15) is 36.9 Å². The van der Waals surface area contributed by atoms with Gasteiger partial charge in [0.25, 0.3) is 5.91 Å². The Hall–Kier alpha value is -3.15. The zero-order valence-corrected chi connectivity index (χ0v) is 15.5. The van der Waals surface area contributed by atoms with Gasteiger partial charge < -0.3 is 15.4 Å². The molecule has 0 radical (unpaired) electrons. The third-order valence-corrected chi connectivity index (χ3v) is 4.02. The van der Waals surface area contributed by atoms with Crippen LogP contribution in [0.15, 0.2) is 54.6 Å². The summed E-state index contributed by atoms with van der Waals surface area (Å²) >= 11 is 0. The third-order valence-electron chi connectivity index (χ3n) is 4.02. The van der Waals surface area contributed by atoms with Crippen LogP contribution in [0, 0.1) is 6.92 Å². The number of hydrogen-bond acceptors (Lipinski definition) is 4. The number of amides is 2. The van der Waals surface area contributed by atoms with Gasteiger partial charge >= 0.3 is 5.97 Å². The number of carbonyl (C=O) groups is 3. The number of hydrogen-bond donors (Lipinski definition) is 2. The zero-order chi connectivity index (χ0) is 19.6. The molecule has 2 N–H and O–H groups in total. The fourth-order valence-electron chi connectivity index (χ4n) is 2.47. The normalized spacial score (nSPS) is 11.3. The average molecular weight is 368 g/mol. The summed E-state index contributed by atoms with van der Waals surface area (Å²) in [6.07, 6.45) is -0.0889. The van der Waals surface area contributed by atoms with Crippen molar-refractivity contribution in [2.75, 3.05) is 11.9 Å². The summed E-state index contributed by atoms with van der Waals surface area (Å²) in [4.78, 5) is 35.5. The highest BCUT2D eigenvalue weighted by molar-refractivity contribution is 5.93. The lowest BCUT2D eigenvalue weighted by molar-refractivity contribution is -0.149. The van der Waals surface area contributed by atoms with E-state index in [4.69, 9.17) is 4.74 Å². The van der Waals surface area contributed by atoms with Gasteiger partial charge in [0.1, 0.15) is 0 Å². The molecule has 2 aromatic carbocycles. The Morgan fingerprint density at radius 3 is 2.30 bits per heavy atom. The predicted octanol–water partition coefficient (Wildman–Crippen LogP) is 3.13. The van der Waals surface area contributed by atoms with Gasteiger partial charge in [-0.2, -0.15) is 0 Å². The SMILES string of the molecule is Cc1ccccc1NC(=O)CCC(=O)OCC(=O)N[C@H](C)c1ccccc1. The van der Waals surface area contributed by atoms with Crippen LogP contribution in [0.5, 0.6) is 0 Å². The van der Waals surface area contributed by atoms with E-state index in [1.54, 1.807) is 6.07 Å². The van der Waals surface area contributed by atoms with E-state index >= 15 is 0 Å². The second-order valence-corrected chi connectivity index (χ2v) is 6.22. The highest BCUT2D eigenvalue weighted by Crippen LogP contribution is 2.14. The van der Waals surface area contributed by atoms with Crippen LogP contribution < -0.4 is 10.6 Å². The van der Waals surface area contributed by atoms with Gasteiger partial charge in [0.15, 0.2) is 6.61 Å². The molecule has 0 saturated carbocycles. The first-order valence-corrected chi connectivity index (χ1v) is 8.81. The van der Waals surface area contributed by atoms with E-state index in [0.717, 1.165) is 11.1 Å². The van der Waals surface area contributed by atoms with Gasteiger partial charge in [-0.05, 0) is 31.0 Å². The molecule has 0 aliphatic rings. The molecule has 0 heterocycles. The van der Waals surface area contributed by atoms with Crippen LogP contribution in [-0.4, -0.2) is 24.4 Å². The molecule has 2 amide bonds. The summed E-state index contributed by atoms with van der Waals surface area (Å²) in [6, 6.07) is 16.7. The summed E-state index contributed by atoms with van der Waals surface area (Å²) in [5.41, 5.74) is 2.62. The number of anilines is 1. The molecular formula is C21H24N2O4. The minimum Gasteiger partial charge on any atom is -0.456 e. The fraction of sp³-hybridized carbons (Fsp3) is 0.286. The Bertz CT molecular complexity index is 790. The number of rotatable bonds is 8. The molecule has 2 rings (SSSR count). The van der Waals surface area contributed by atoms with Crippen LogP contribution in [0.3, 0.4) is 0 Å². The molecule has 0 aliphatic heterocycles. The summed E-state index contributed by atoms with van der Waals surface area (Å²) in [7, 11) is 0. The van der Waals surface area contributed by atoms with Crippen molar-refractivity contribution in [1.29, 1.82) is 0 Å².